The van der Waals surface area contributed by atoms with E-state index in [1.54, 1.807) is 0 Å². The fourth-order valence-electron chi connectivity index (χ4n) is 3.68. The normalized spacial score (nSPS) is 22.4. The van der Waals surface area contributed by atoms with Crippen molar-refractivity contribution in [1.82, 2.24) is 25.6 Å². The zero-order valence-electron chi connectivity index (χ0n) is 14.7. The molecule has 26 heavy (non-hydrogen) atoms. The van der Waals surface area contributed by atoms with E-state index in [1.807, 2.05) is 0 Å². The molecule has 1 saturated carbocycles. The van der Waals surface area contributed by atoms with Crippen LogP contribution in [0.1, 0.15) is 44.9 Å². The highest BCUT2D eigenvalue weighted by molar-refractivity contribution is 6.08. The molecule has 3 fully saturated rings. The van der Waals surface area contributed by atoms with Crippen molar-refractivity contribution < 1.29 is 24.0 Å². The second kappa shape index (κ2) is 6.93. The van der Waals surface area contributed by atoms with Crippen LogP contribution in [0, 0.1) is 0 Å². The third kappa shape index (κ3) is 3.23. The first-order chi connectivity index (χ1) is 12.3. The van der Waals surface area contributed by atoms with Crippen LogP contribution in [-0.4, -0.2) is 70.3 Å². The molecule has 0 radical (unpaired) electrons. The average Bonchev–Trinajstić information content (AvgIpc) is 2.97. The van der Waals surface area contributed by atoms with Crippen LogP contribution in [0.5, 0.6) is 0 Å². The molecular weight excluding hydrogens is 342 g/mol. The van der Waals surface area contributed by atoms with Gasteiger partial charge in [-0.25, -0.2) is 9.59 Å². The Labute approximate surface area is 150 Å². The van der Waals surface area contributed by atoms with Gasteiger partial charge in [0.25, 0.3) is 5.91 Å². The first kappa shape index (κ1) is 18.2. The smallest absolute Gasteiger partial charge is 0.322 e. The number of likely N-dealkylation sites (N-methyl/N-ethyl adjacent to an activating group) is 1. The number of hydrazine groups is 1. The van der Waals surface area contributed by atoms with Crippen molar-refractivity contribution in [2.75, 3.05) is 20.1 Å². The highest BCUT2D eigenvalue weighted by Gasteiger charge is 2.52. The first-order valence-corrected chi connectivity index (χ1v) is 8.86. The van der Waals surface area contributed by atoms with E-state index < -0.39 is 23.4 Å². The molecule has 0 aromatic rings. The van der Waals surface area contributed by atoms with Crippen LogP contribution in [0.15, 0.2) is 0 Å². The molecule has 0 aromatic heterocycles. The summed E-state index contributed by atoms with van der Waals surface area (Å²) < 4.78 is 0. The molecule has 10 nitrogen and oxygen atoms in total. The molecule has 0 bridgehead atoms. The number of imide groups is 2. The Kier molecular flexibility index (Phi) is 4.84. The molecule has 2 saturated heterocycles. The minimum absolute atomic E-state index is 0.00909. The van der Waals surface area contributed by atoms with E-state index in [4.69, 9.17) is 0 Å². The number of hydrogen-bond donors (Lipinski definition) is 2. The lowest BCUT2D eigenvalue weighted by atomic mass is 9.82. The van der Waals surface area contributed by atoms with Crippen LogP contribution in [0.3, 0.4) is 0 Å². The Balaban J connectivity index is 1.49. The Hall–Kier alpha value is -2.65. The molecule has 1 aliphatic carbocycles. The molecule has 3 rings (SSSR count). The zero-order valence-corrected chi connectivity index (χ0v) is 14.7. The number of urea groups is 2. The van der Waals surface area contributed by atoms with Gasteiger partial charge in [-0.2, -0.15) is 5.01 Å². The predicted octanol–water partition coefficient (Wildman–Crippen LogP) is -0.0535. The topological polar surface area (TPSA) is 119 Å². The Morgan fingerprint density at radius 2 is 1.85 bits per heavy atom. The van der Waals surface area contributed by atoms with E-state index in [0.29, 0.717) is 12.8 Å². The van der Waals surface area contributed by atoms with Crippen molar-refractivity contribution in [3.8, 4) is 0 Å². The number of nitrogens with one attached hydrogen (secondary N) is 2. The molecule has 2 N–H and O–H groups in total. The number of hydrogen-bond acceptors (Lipinski definition) is 5. The van der Waals surface area contributed by atoms with Gasteiger partial charge < -0.3 is 10.2 Å². The van der Waals surface area contributed by atoms with Gasteiger partial charge >= 0.3 is 12.1 Å². The highest BCUT2D eigenvalue weighted by atomic mass is 16.2. The monoisotopic (exact) mass is 365 g/mol. The van der Waals surface area contributed by atoms with Crippen molar-refractivity contribution in [3.05, 3.63) is 0 Å². The van der Waals surface area contributed by atoms with Crippen LogP contribution < -0.4 is 10.7 Å². The second-order valence-corrected chi connectivity index (χ2v) is 7.04. The molecule has 2 aliphatic heterocycles. The third-order valence-electron chi connectivity index (χ3n) is 5.12. The summed E-state index contributed by atoms with van der Waals surface area (Å²) in [6, 6.07) is -1.000. The van der Waals surface area contributed by atoms with Crippen molar-refractivity contribution in [3.63, 3.8) is 0 Å². The van der Waals surface area contributed by atoms with Crippen molar-refractivity contribution >= 4 is 29.8 Å². The molecule has 3 aliphatic rings. The van der Waals surface area contributed by atoms with Crippen LogP contribution in [0.25, 0.3) is 0 Å². The maximum atomic E-state index is 12.6. The van der Waals surface area contributed by atoms with Crippen molar-refractivity contribution in [1.29, 1.82) is 0 Å². The van der Waals surface area contributed by atoms with Crippen molar-refractivity contribution in [2.45, 2.75) is 50.5 Å². The number of rotatable bonds is 5. The number of nitrogens with zero attached hydrogens (tertiary/aromatic N) is 3. The summed E-state index contributed by atoms with van der Waals surface area (Å²) in [7, 11) is 1.53. The van der Waals surface area contributed by atoms with E-state index in [0.717, 1.165) is 29.2 Å². The molecule has 1 spiro atoms. The largest absolute Gasteiger partial charge is 0.344 e. The summed E-state index contributed by atoms with van der Waals surface area (Å²) in [5.41, 5.74) is 1.45. The summed E-state index contributed by atoms with van der Waals surface area (Å²) in [6.45, 7) is 0.162. The first-order valence-electron chi connectivity index (χ1n) is 8.86. The molecule has 0 aromatic carbocycles. The molecule has 10 heteroatoms. The van der Waals surface area contributed by atoms with Gasteiger partial charge in [-0.3, -0.25) is 24.7 Å². The van der Waals surface area contributed by atoms with Gasteiger partial charge in [0.1, 0.15) is 12.1 Å². The van der Waals surface area contributed by atoms with Gasteiger partial charge in [0.15, 0.2) is 0 Å². The standard InChI is InChI=1S/C16H23N5O5/c1-19-10-12(23)20(15(19)26)9-5-6-11(22)18-21-13(24)16(17-14(21)25)7-3-2-4-8-16/h2-10H2,1H3,(H,17,25)(H,18,22). The predicted molar refractivity (Wildman–Crippen MR) is 88.3 cm³/mol. The van der Waals surface area contributed by atoms with E-state index >= 15 is 0 Å². The van der Waals surface area contributed by atoms with Crippen LogP contribution in [0.4, 0.5) is 9.59 Å². The fraction of sp³-hybridized carbons (Fsp3) is 0.688. The lowest BCUT2D eigenvalue weighted by Crippen LogP contribution is -2.51. The van der Waals surface area contributed by atoms with E-state index in [-0.39, 0.29) is 37.9 Å². The minimum atomic E-state index is -0.887. The summed E-state index contributed by atoms with van der Waals surface area (Å²) in [5, 5.41) is 3.47. The van der Waals surface area contributed by atoms with Crippen LogP contribution in [-0.2, 0) is 14.4 Å². The minimum Gasteiger partial charge on any atom is -0.322 e. The summed E-state index contributed by atoms with van der Waals surface area (Å²) in [5.74, 6) is -1.22. The molecule has 2 heterocycles. The van der Waals surface area contributed by atoms with E-state index in [2.05, 4.69) is 10.7 Å². The van der Waals surface area contributed by atoms with Gasteiger partial charge in [0.2, 0.25) is 11.8 Å². The Morgan fingerprint density at radius 3 is 2.46 bits per heavy atom. The summed E-state index contributed by atoms with van der Waals surface area (Å²) >= 11 is 0. The molecule has 142 valence electrons. The molecule has 0 unspecified atom stereocenters. The van der Waals surface area contributed by atoms with Crippen molar-refractivity contribution in [2.24, 2.45) is 0 Å². The molecule has 0 atom stereocenters. The Bertz CT molecular complexity index is 657. The molecule has 7 amide bonds. The second-order valence-electron chi connectivity index (χ2n) is 7.04. The van der Waals surface area contributed by atoms with Gasteiger partial charge in [-0.1, -0.05) is 19.3 Å². The number of carbonyl (C=O) groups is 5. The Morgan fingerprint density at radius 1 is 1.15 bits per heavy atom. The fourth-order valence-corrected chi connectivity index (χ4v) is 3.68. The van der Waals surface area contributed by atoms with Crippen LogP contribution in [0.2, 0.25) is 0 Å². The summed E-state index contributed by atoms with van der Waals surface area (Å²) in [4.78, 5) is 62.5. The van der Waals surface area contributed by atoms with Gasteiger partial charge in [0.05, 0.1) is 0 Å². The SMILES string of the molecule is CN1CC(=O)N(CCCC(=O)NN2C(=O)NC3(CCCCC3)C2=O)C1=O. The molecular formula is C16H23N5O5. The quantitative estimate of drug-likeness (QED) is 0.662. The maximum Gasteiger partial charge on any atom is 0.344 e. The van der Waals surface area contributed by atoms with Crippen LogP contribution >= 0.6 is 0 Å². The van der Waals surface area contributed by atoms with Gasteiger partial charge in [-0.05, 0) is 19.3 Å². The van der Waals surface area contributed by atoms with Gasteiger partial charge in [0, 0.05) is 20.0 Å². The number of amides is 7. The lowest BCUT2D eigenvalue weighted by molar-refractivity contribution is -0.139. The van der Waals surface area contributed by atoms with E-state index in [9.17, 15) is 24.0 Å². The zero-order chi connectivity index (χ0) is 18.9. The maximum absolute atomic E-state index is 12.6. The average molecular weight is 365 g/mol. The van der Waals surface area contributed by atoms with E-state index in [1.165, 1.54) is 11.9 Å². The third-order valence-corrected chi connectivity index (χ3v) is 5.12. The highest BCUT2D eigenvalue weighted by Crippen LogP contribution is 2.32. The number of carbonyl (C=O) groups excluding carboxylic acids is 5. The van der Waals surface area contributed by atoms with Gasteiger partial charge in [-0.15, -0.1) is 0 Å². The summed E-state index contributed by atoms with van der Waals surface area (Å²) in [6.07, 6.45) is 4.16. The lowest BCUT2D eigenvalue weighted by Gasteiger charge is -2.30.